The van der Waals surface area contributed by atoms with E-state index in [1.54, 1.807) is 0 Å². The number of rotatable bonds is 7. The smallest absolute Gasteiger partial charge is 0.235 e. The van der Waals surface area contributed by atoms with Crippen LogP contribution in [0.2, 0.25) is 0 Å². The van der Waals surface area contributed by atoms with Crippen molar-refractivity contribution in [2.75, 3.05) is 11.1 Å². The van der Waals surface area contributed by atoms with Crippen molar-refractivity contribution >= 4 is 34.0 Å². The molecule has 2 heterocycles. The van der Waals surface area contributed by atoms with Crippen LogP contribution in [0.25, 0.3) is 0 Å². The summed E-state index contributed by atoms with van der Waals surface area (Å²) in [5.41, 5.74) is 2.92. The Kier molecular flexibility index (Phi) is 6.82. The topological polar surface area (TPSA) is 92.8 Å². The fourth-order valence-corrected chi connectivity index (χ4v) is 5.74. The minimum Gasteiger partial charge on any atom is -0.486 e. The number of nitrogens with one attached hydrogen (secondary N) is 1. The summed E-state index contributed by atoms with van der Waals surface area (Å²) >= 11 is 2.85. The van der Waals surface area contributed by atoms with Gasteiger partial charge in [0.15, 0.2) is 11.0 Å². The molecule has 1 unspecified atom stereocenters. The third kappa shape index (κ3) is 4.97. The summed E-state index contributed by atoms with van der Waals surface area (Å²) in [5, 5.41) is 22.2. The number of amides is 1. The van der Waals surface area contributed by atoms with Crippen LogP contribution in [0, 0.1) is 24.2 Å². The lowest BCUT2D eigenvalue weighted by Crippen LogP contribution is -2.14. The third-order valence-corrected chi connectivity index (χ3v) is 7.71. The average molecular weight is 468 g/mol. The predicted molar refractivity (Wildman–Crippen MR) is 126 cm³/mol. The van der Waals surface area contributed by atoms with Crippen LogP contribution in [-0.2, 0) is 31.3 Å². The Balaban J connectivity index is 1.34. The second kappa shape index (κ2) is 9.76. The summed E-state index contributed by atoms with van der Waals surface area (Å²) in [6, 6.07) is 10.1. The van der Waals surface area contributed by atoms with Crippen LogP contribution in [0.3, 0.4) is 0 Å². The molecule has 0 saturated heterocycles. The second-order valence-corrected chi connectivity index (χ2v) is 10.1. The molecule has 0 aliphatic heterocycles. The van der Waals surface area contributed by atoms with E-state index in [-0.39, 0.29) is 11.7 Å². The number of fused-ring (bicyclic) bond motifs is 1. The molecule has 1 amide bonds. The number of hydrogen-bond acceptors (Lipinski definition) is 7. The highest BCUT2D eigenvalue weighted by Crippen LogP contribution is 2.39. The van der Waals surface area contributed by atoms with Gasteiger partial charge in [-0.2, -0.15) is 5.26 Å². The fourth-order valence-electron chi connectivity index (χ4n) is 3.63. The van der Waals surface area contributed by atoms with Crippen LogP contribution >= 0.6 is 23.1 Å². The molecule has 1 aliphatic carbocycles. The predicted octanol–water partition coefficient (Wildman–Crippen LogP) is 4.49. The van der Waals surface area contributed by atoms with E-state index in [2.05, 4.69) is 28.5 Å². The summed E-state index contributed by atoms with van der Waals surface area (Å²) < 4.78 is 7.61. The van der Waals surface area contributed by atoms with Gasteiger partial charge in [-0.1, -0.05) is 36.4 Å². The largest absolute Gasteiger partial charge is 0.486 e. The van der Waals surface area contributed by atoms with Crippen molar-refractivity contribution < 1.29 is 9.53 Å². The quantitative estimate of drug-likeness (QED) is 0.515. The van der Waals surface area contributed by atoms with E-state index in [1.165, 1.54) is 33.5 Å². The molecule has 0 saturated carbocycles. The Bertz CT molecular complexity index is 1160. The maximum atomic E-state index is 12.6. The number of aromatic nitrogens is 3. The molecule has 9 heteroatoms. The summed E-state index contributed by atoms with van der Waals surface area (Å²) in [6.45, 7) is 4.55. The SMILES string of the molecule is Cc1ccc(OCc2nnc(SCC(=O)Nc3sc4c(c3C#N)CCC(C)C4)n2C)cc1. The lowest BCUT2D eigenvalue weighted by atomic mass is 9.89. The number of thioether (sulfide) groups is 1. The maximum Gasteiger partial charge on any atom is 0.235 e. The molecule has 1 aromatic carbocycles. The molecule has 32 heavy (non-hydrogen) atoms. The molecule has 3 aromatic rings. The van der Waals surface area contributed by atoms with Crippen LogP contribution < -0.4 is 10.1 Å². The highest BCUT2D eigenvalue weighted by atomic mass is 32.2. The molecular formula is C23H25N5O2S2. The van der Waals surface area contributed by atoms with Gasteiger partial charge in [-0.3, -0.25) is 4.79 Å². The van der Waals surface area contributed by atoms with Crippen molar-refractivity contribution in [3.8, 4) is 11.8 Å². The molecule has 1 atom stereocenters. The fraction of sp³-hybridized carbons (Fsp3) is 0.391. The van der Waals surface area contributed by atoms with Crippen molar-refractivity contribution in [3.63, 3.8) is 0 Å². The van der Waals surface area contributed by atoms with E-state index < -0.39 is 0 Å². The van der Waals surface area contributed by atoms with Crippen LogP contribution in [0.1, 0.15) is 40.7 Å². The van der Waals surface area contributed by atoms with E-state index in [4.69, 9.17) is 4.74 Å². The van der Waals surface area contributed by atoms with Gasteiger partial charge in [0.25, 0.3) is 0 Å². The van der Waals surface area contributed by atoms with Gasteiger partial charge in [-0.15, -0.1) is 21.5 Å². The lowest BCUT2D eigenvalue weighted by molar-refractivity contribution is -0.113. The van der Waals surface area contributed by atoms with Gasteiger partial charge in [-0.05, 0) is 49.8 Å². The number of nitriles is 1. The molecule has 1 N–H and O–H groups in total. The van der Waals surface area contributed by atoms with Crippen molar-refractivity contribution in [1.82, 2.24) is 14.8 Å². The Morgan fingerprint density at radius 1 is 1.38 bits per heavy atom. The third-order valence-electron chi connectivity index (χ3n) is 5.52. The van der Waals surface area contributed by atoms with E-state index in [9.17, 15) is 10.1 Å². The Labute approximate surface area is 195 Å². The first kappa shape index (κ1) is 22.4. The zero-order chi connectivity index (χ0) is 22.7. The zero-order valence-corrected chi connectivity index (χ0v) is 20.0. The first-order valence-corrected chi connectivity index (χ1v) is 12.3. The highest BCUT2D eigenvalue weighted by molar-refractivity contribution is 7.99. The van der Waals surface area contributed by atoms with E-state index in [0.29, 0.717) is 34.1 Å². The molecule has 0 spiro atoms. The summed E-state index contributed by atoms with van der Waals surface area (Å²) in [6.07, 6.45) is 2.97. The van der Waals surface area contributed by atoms with Gasteiger partial charge < -0.3 is 14.6 Å². The summed E-state index contributed by atoms with van der Waals surface area (Å²) in [7, 11) is 1.86. The number of carbonyl (C=O) groups excluding carboxylic acids is 1. The van der Waals surface area contributed by atoms with Crippen LogP contribution in [0.4, 0.5) is 5.00 Å². The van der Waals surface area contributed by atoms with Crippen molar-refractivity contribution in [2.24, 2.45) is 13.0 Å². The van der Waals surface area contributed by atoms with E-state index in [1.807, 2.05) is 42.8 Å². The second-order valence-electron chi connectivity index (χ2n) is 8.06. The number of benzene rings is 1. The lowest BCUT2D eigenvalue weighted by Gasteiger charge is -2.17. The molecule has 166 valence electrons. The van der Waals surface area contributed by atoms with Gasteiger partial charge in [-0.25, -0.2) is 0 Å². The number of aryl methyl sites for hydroxylation is 1. The van der Waals surface area contributed by atoms with Crippen LogP contribution in [-0.4, -0.2) is 26.4 Å². The number of carbonyl (C=O) groups is 1. The van der Waals surface area contributed by atoms with Gasteiger partial charge >= 0.3 is 0 Å². The van der Waals surface area contributed by atoms with E-state index in [0.717, 1.165) is 30.6 Å². The van der Waals surface area contributed by atoms with Gasteiger partial charge in [0.2, 0.25) is 5.91 Å². The first-order chi connectivity index (χ1) is 15.4. The van der Waals surface area contributed by atoms with Crippen molar-refractivity contribution in [3.05, 3.63) is 51.7 Å². The normalized spacial score (nSPS) is 15.1. The number of hydrogen-bond donors (Lipinski definition) is 1. The Morgan fingerprint density at radius 3 is 2.91 bits per heavy atom. The molecule has 7 nitrogen and oxygen atoms in total. The number of nitrogens with zero attached hydrogens (tertiary/aromatic N) is 4. The van der Waals surface area contributed by atoms with Crippen LogP contribution in [0.5, 0.6) is 5.75 Å². The average Bonchev–Trinajstić information content (AvgIpc) is 3.30. The summed E-state index contributed by atoms with van der Waals surface area (Å²) in [4.78, 5) is 13.8. The van der Waals surface area contributed by atoms with Gasteiger partial charge in [0, 0.05) is 11.9 Å². The number of anilines is 1. The number of ether oxygens (including phenoxy) is 1. The van der Waals surface area contributed by atoms with E-state index >= 15 is 0 Å². The zero-order valence-electron chi connectivity index (χ0n) is 18.3. The molecular weight excluding hydrogens is 442 g/mol. The minimum atomic E-state index is -0.154. The standard InChI is InChI=1S/C23H25N5O2S2/c1-14-4-7-16(8-5-14)30-12-20-26-27-23(28(20)3)31-13-21(29)25-22-18(11-24)17-9-6-15(2)10-19(17)32-22/h4-5,7-8,15H,6,9-10,12-13H2,1-3H3,(H,25,29). The molecule has 2 aromatic heterocycles. The maximum absolute atomic E-state index is 12.6. The molecule has 4 rings (SSSR count). The monoisotopic (exact) mass is 467 g/mol. The Hall–Kier alpha value is -2.83. The number of thiophene rings is 1. The van der Waals surface area contributed by atoms with Crippen molar-refractivity contribution in [1.29, 1.82) is 5.26 Å². The first-order valence-electron chi connectivity index (χ1n) is 10.5. The van der Waals surface area contributed by atoms with Crippen LogP contribution in [0.15, 0.2) is 29.4 Å². The molecule has 0 bridgehead atoms. The van der Waals surface area contributed by atoms with Crippen molar-refractivity contribution in [2.45, 2.75) is 44.9 Å². The molecule has 1 aliphatic rings. The molecule has 0 radical (unpaired) electrons. The van der Waals surface area contributed by atoms with Gasteiger partial charge in [0.05, 0.1) is 11.3 Å². The highest BCUT2D eigenvalue weighted by Gasteiger charge is 2.24. The summed E-state index contributed by atoms with van der Waals surface area (Å²) in [5.74, 6) is 2.11. The molecule has 0 fully saturated rings. The Morgan fingerprint density at radius 2 is 2.16 bits per heavy atom. The minimum absolute atomic E-state index is 0.154. The van der Waals surface area contributed by atoms with Gasteiger partial charge in [0.1, 0.15) is 23.4 Å².